The molecule has 0 aliphatic heterocycles. The molecule has 0 aliphatic rings. The second-order valence-corrected chi connectivity index (χ2v) is 9.68. The van der Waals surface area contributed by atoms with E-state index >= 15 is 0 Å². The third-order valence-electron chi connectivity index (χ3n) is 6.77. The molecule has 0 aromatic heterocycles. The molecule has 0 atom stereocenters. The largest absolute Gasteiger partial charge is 0.399 e. The summed E-state index contributed by atoms with van der Waals surface area (Å²) in [5.41, 5.74) is 15.4. The van der Waals surface area contributed by atoms with Crippen LogP contribution in [0.25, 0.3) is 24.3 Å². The molecular formula is C37H28N4. The molecule has 5 rings (SSSR count). The number of hydrogen-bond donors (Lipinski definition) is 1. The summed E-state index contributed by atoms with van der Waals surface area (Å²) < 4.78 is 0. The Bertz CT molecular complexity index is 1780. The summed E-state index contributed by atoms with van der Waals surface area (Å²) in [5.74, 6) is 0. The zero-order chi connectivity index (χ0) is 28.6. The molecule has 0 spiro atoms. The molecule has 0 saturated heterocycles. The summed E-state index contributed by atoms with van der Waals surface area (Å²) >= 11 is 0. The van der Waals surface area contributed by atoms with E-state index in [2.05, 4.69) is 41.3 Å². The topological polar surface area (TPSA) is 76.8 Å². The molecule has 41 heavy (non-hydrogen) atoms. The van der Waals surface area contributed by atoms with E-state index in [9.17, 15) is 10.5 Å². The molecule has 196 valence electrons. The Morgan fingerprint density at radius 2 is 1.00 bits per heavy atom. The standard InChI is InChI=1S/C37H28N4/c1-27-7-9-28(10-8-27)11-15-30-23-33(26-39)31(24-32(30)25-38)16-12-29-13-19-36(20-14-29)41(35-5-3-2-4-6-35)37-21-17-34(40)18-22-37/h2-24H,40H2,1H3/b15-11-,16-12-. The van der Waals surface area contributed by atoms with Gasteiger partial charge in [-0.15, -0.1) is 0 Å². The Morgan fingerprint density at radius 1 is 0.561 bits per heavy atom. The molecule has 0 unspecified atom stereocenters. The monoisotopic (exact) mass is 528 g/mol. The van der Waals surface area contributed by atoms with Crippen molar-refractivity contribution >= 4 is 47.1 Å². The van der Waals surface area contributed by atoms with Crippen LogP contribution >= 0.6 is 0 Å². The smallest absolute Gasteiger partial charge is 0.0998 e. The van der Waals surface area contributed by atoms with Gasteiger partial charge in [-0.1, -0.05) is 84.5 Å². The molecule has 5 aromatic rings. The van der Waals surface area contributed by atoms with Crippen LogP contribution in [0.2, 0.25) is 0 Å². The van der Waals surface area contributed by atoms with Crippen molar-refractivity contribution in [1.82, 2.24) is 0 Å². The first-order valence-electron chi connectivity index (χ1n) is 13.3. The van der Waals surface area contributed by atoms with Crippen molar-refractivity contribution in [1.29, 1.82) is 10.5 Å². The lowest BCUT2D eigenvalue weighted by Gasteiger charge is -2.25. The number of para-hydroxylation sites is 1. The van der Waals surface area contributed by atoms with Gasteiger partial charge < -0.3 is 10.6 Å². The van der Waals surface area contributed by atoms with Gasteiger partial charge in [0, 0.05) is 22.7 Å². The van der Waals surface area contributed by atoms with Gasteiger partial charge in [0.1, 0.15) is 0 Å². The van der Waals surface area contributed by atoms with Gasteiger partial charge in [-0.25, -0.2) is 0 Å². The van der Waals surface area contributed by atoms with Gasteiger partial charge in [0.25, 0.3) is 0 Å². The van der Waals surface area contributed by atoms with Crippen molar-refractivity contribution in [3.05, 3.63) is 154 Å². The molecule has 0 aliphatic carbocycles. The van der Waals surface area contributed by atoms with E-state index < -0.39 is 0 Å². The number of nitrogens with two attached hydrogens (primary N) is 1. The Balaban J connectivity index is 1.41. The maximum Gasteiger partial charge on any atom is 0.0998 e. The number of nitrogens with zero attached hydrogens (tertiary/aromatic N) is 3. The van der Waals surface area contributed by atoms with Crippen molar-refractivity contribution in [2.24, 2.45) is 0 Å². The van der Waals surface area contributed by atoms with Crippen LogP contribution < -0.4 is 10.6 Å². The SMILES string of the molecule is Cc1ccc(/C=C\c2cc(C#N)c(/C=C\c3ccc(N(c4ccccc4)c4ccc(N)cc4)cc3)cc2C#N)cc1. The first-order valence-corrected chi connectivity index (χ1v) is 13.3. The van der Waals surface area contributed by atoms with Crippen LogP contribution in [0.15, 0.2) is 115 Å². The molecule has 0 bridgehead atoms. The predicted molar refractivity (Wildman–Crippen MR) is 170 cm³/mol. The van der Waals surface area contributed by atoms with E-state index in [0.29, 0.717) is 22.4 Å². The van der Waals surface area contributed by atoms with E-state index in [4.69, 9.17) is 5.73 Å². The van der Waals surface area contributed by atoms with E-state index in [1.807, 2.05) is 110 Å². The molecule has 0 amide bonds. The molecule has 0 radical (unpaired) electrons. The van der Waals surface area contributed by atoms with E-state index in [1.54, 1.807) is 12.1 Å². The van der Waals surface area contributed by atoms with Crippen LogP contribution in [-0.4, -0.2) is 0 Å². The Hall–Kier alpha value is -5.84. The zero-order valence-corrected chi connectivity index (χ0v) is 22.7. The summed E-state index contributed by atoms with van der Waals surface area (Å²) in [5, 5.41) is 19.7. The predicted octanol–water partition coefficient (Wildman–Crippen LogP) is 9.13. The lowest BCUT2D eigenvalue weighted by Crippen LogP contribution is -2.09. The normalized spacial score (nSPS) is 10.9. The number of hydrogen-bond acceptors (Lipinski definition) is 4. The van der Waals surface area contributed by atoms with Gasteiger partial charge in [0.2, 0.25) is 0 Å². The average molecular weight is 529 g/mol. The number of anilines is 4. The minimum Gasteiger partial charge on any atom is -0.399 e. The first kappa shape index (κ1) is 26.8. The van der Waals surface area contributed by atoms with Crippen LogP contribution in [0.5, 0.6) is 0 Å². The van der Waals surface area contributed by atoms with Gasteiger partial charge >= 0.3 is 0 Å². The second kappa shape index (κ2) is 12.3. The molecule has 0 heterocycles. The Kier molecular flexibility index (Phi) is 8.06. The fraction of sp³-hybridized carbons (Fsp3) is 0.0270. The van der Waals surface area contributed by atoms with Gasteiger partial charge in [-0.05, 0) is 89.8 Å². The molecule has 0 saturated carbocycles. The highest BCUT2D eigenvalue weighted by molar-refractivity contribution is 5.81. The van der Waals surface area contributed by atoms with Crippen molar-refractivity contribution in [3.63, 3.8) is 0 Å². The maximum absolute atomic E-state index is 9.85. The maximum atomic E-state index is 9.85. The molecule has 0 fully saturated rings. The Labute approximate surface area is 241 Å². The van der Waals surface area contributed by atoms with Crippen LogP contribution in [0.4, 0.5) is 22.7 Å². The first-order chi connectivity index (χ1) is 20.0. The second-order valence-electron chi connectivity index (χ2n) is 9.68. The van der Waals surface area contributed by atoms with Crippen molar-refractivity contribution in [3.8, 4) is 12.1 Å². The highest BCUT2D eigenvalue weighted by atomic mass is 15.1. The van der Waals surface area contributed by atoms with E-state index in [-0.39, 0.29) is 0 Å². The summed E-state index contributed by atoms with van der Waals surface area (Å²) in [6, 6.07) is 42.4. The number of aryl methyl sites for hydroxylation is 1. The summed E-state index contributed by atoms with van der Waals surface area (Å²) in [7, 11) is 0. The highest BCUT2D eigenvalue weighted by Crippen LogP contribution is 2.35. The van der Waals surface area contributed by atoms with Crippen LogP contribution in [0.1, 0.15) is 38.9 Å². The minimum atomic E-state index is 0.513. The lowest BCUT2D eigenvalue weighted by atomic mass is 9.97. The summed E-state index contributed by atoms with van der Waals surface area (Å²) in [4.78, 5) is 2.17. The van der Waals surface area contributed by atoms with E-state index in [1.165, 1.54) is 5.56 Å². The third kappa shape index (κ3) is 6.42. The van der Waals surface area contributed by atoms with Crippen molar-refractivity contribution < 1.29 is 0 Å². The van der Waals surface area contributed by atoms with Gasteiger partial charge in [0.15, 0.2) is 0 Å². The van der Waals surface area contributed by atoms with Crippen LogP contribution in [0.3, 0.4) is 0 Å². The molecule has 5 aromatic carbocycles. The molecule has 2 N–H and O–H groups in total. The van der Waals surface area contributed by atoms with Gasteiger partial charge in [-0.3, -0.25) is 0 Å². The van der Waals surface area contributed by atoms with Gasteiger partial charge in [-0.2, -0.15) is 10.5 Å². The van der Waals surface area contributed by atoms with Crippen LogP contribution in [0, 0.1) is 29.6 Å². The van der Waals surface area contributed by atoms with E-state index in [0.717, 1.165) is 33.8 Å². The minimum absolute atomic E-state index is 0.513. The molecule has 4 heteroatoms. The third-order valence-corrected chi connectivity index (χ3v) is 6.77. The molecule has 4 nitrogen and oxygen atoms in total. The van der Waals surface area contributed by atoms with Crippen molar-refractivity contribution in [2.75, 3.05) is 10.6 Å². The van der Waals surface area contributed by atoms with Crippen LogP contribution in [-0.2, 0) is 0 Å². The molecular weight excluding hydrogens is 500 g/mol. The summed E-state index contributed by atoms with van der Waals surface area (Å²) in [6.07, 6.45) is 7.68. The number of benzene rings is 5. The Morgan fingerprint density at radius 3 is 1.49 bits per heavy atom. The summed E-state index contributed by atoms with van der Waals surface area (Å²) in [6.45, 7) is 2.04. The zero-order valence-electron chi connectivity index (χ0n) is 22.7. The number of rotatable bonds is 7. The number of nitrogen functional groups attached to an aromatic ring is 1. The highest BCUT2D eigenvalue weighted by Gasteiger charge is 2.12. The number of nitriles is 2. The van der Waals surface area contributed by atoms with Gasteiger partial charge in [0.05, 0.1) is 23.3 Å². The lowest BCUT2D eigenvalue weighted by molar-refractivity contribution is 1.28. The fourth-order valence-corrected chi connectivity index (χ4v) is 4.53. The average Bonchev–Trinajstić information content (AvgIpc) is 3.02. The quantitative estimate of drug-likeness (QED) is 0.169. The fourth-order valence-electron chi connectivity index (χ4n) is 4.53. The van der Waals surface area contributed by atoms with Crippen molar-refractivity contribution in [2.45, 2.75) is 6.92 Å².